The van der Waals surface area contributed by atoms with Gasteiger partial charge in [0, 0.05) is 16.8 Å². The fourth-order valence-electron chi connectivity index (χ4n) is 1.42. The number of hydrogen-bond donors (Lipinski definition) is 1. The first-order valence-corrected chi connectivity index (χ1v) is 4.93. The van der Waals surface area contributed by atoms with Gasteiger partial charge in [-0.3, -0.25) is 4.79 Å². The van der Waals surface area contributed by atoms with E-state index in [0.717, 1.165) is 11.0 Å². The predicted molar refractivity (Wildman–Crippen MR) is 57.2 cm³/mol. The summed E-state index contributed by atoms with van der Waals surface area (Å²) in [7, 11) is 0. The summed E-state index contributed by atoms with van der Waals surface area (Å²) in [5, 5.41) is 10.1. The van der Waals surface area contributed by atoms with E-state index in [1.54, 1.807) is 18.2 Å². The van der Waals surface area contributed by atoms with Gasteiger partial charge in [0.1, 0.15) is 11.3 Å². The molecule has 0 amide bonds. The minimum atomic E-state index is -0.825. The Morgan fingerprint density at radius 2 is 2.20 bits per heavy atom. The number of benzene rings is 1. The van der Waals surface area contributed by atoms with Gasteiger partial charge in [-0.2, -0.15) is 0 Å². The minimum absolute atomic E-state index is 0.0769. The summed E-state index contributed by atoms with van der Waals surface area (Å²) in [5.41, 5.74) is 0.736. The van der Waals surface area contributed by atoms with Gasteiger partial charge in [-0.05, 0) is 24.3 Å². The van der Waals surface area contributed by atoms with Crippen molar-refractivity contribution in [3.05, 3.63) is 35.0 Å². The van der Waals surface area contributed by atoms with Crippen LogP contribution in [0.15, 0.2) is 28.7 Å². The molecule has 1 aromatic carbocycles. The lowest BCUT2D eigenvalue weighted by Crippen LogP contribution is -1.95. The maximum Gasteiger partial charge on any atom is 0.303 e. The van der Waals surface area contributed by atoms with E-state index in [1.807, 2.05) is 6.07 Å². The van der Waals surface area contributed by atoms with Crippen LogP contribution >= 0.6 is 11.6 Å². The lowest BCUT2D eigenvalue weighted by atomic mass is 10.2. The molecule has 0 aliphatic rings. The molecule has 0 bridgehead atoms. The van der Waals surface area contributed by atoms with Gasteiger partial charge in [0.15, 0.2) is 0 Å². The van der Waals surface area contributed by atoms with E-state index in [4.69, 9.17) is 21.1 Å². The monoisotopic (exact) mass is 224 g/mol. The maximum atomic E-state index is 10.4. The van der Waals surface area contributed by atoms with Crippen LogP contribution in [0.1, 0.15) is 12.2 Å². The first-order chi connectivity index (χ1) is 7.15. The molecule has 2 aromatic rings. The summed E-state index contributed by atoms with van der Waals surface area (Å²) >= 11 is 5.82. The quantitative estimate of drug-likeness (QED) is 0.872. The Hall–Kier alpha value is -1.48. The number of fused-ring (bicyclic) bond motifs is 1. The zero-order valence-corrected chi connectivity index (χ0v) is 8.62. The average molecular weight is 225 g/mol. The third kappa shape index (κ3) is 2.30. The Labute approximate surface area is 91.3 Å². The zero-order valence-electron chi connectivity index (χ0n) is 7.87. The second-order valence-corrected chi connectivity index (χ2v) is 3.73. The van der Waals surface area contributed by atoms with E-state index >= 15 is 0 Å². The summed E-state index contributed by atoms with van der Waals surface area (Å²) < 4.78 is 5.45. The molecule has 3 nitrogen and oxygen atoms in total. The van der Waals surface area contributed by atoms with Crippen LogP contribution in [0, 0.1) is 0 Å². The van der Waals surface area contributed by atoms with Crippen molar-refractivity contribution in [3.8, 4) is 0 Å². The fourth-order valence-corrected chi connectivity index (χ4v) is 1.60. The van der Waals surface area contributed by atoms with E-state index in [9.17, 15) is 4.79 Å². The molecule has 1 heterocycles. The Kier molecular flexibility index (Phi) is 2.64. The van der Waals surface area contributed by atoms with Gasteiger partial charge in [0.2, 0.25) is 0 Å². The smallest absolute Gasteiger partial charge is 0.303 e. The van der Waals surface area contributed by atoms with Crippen LogP contribution in [-0.2, 0) is 11.2 Å². The first-order valence-electron chi connectivity index (χ1n) is 4.55. The standard InChI is InChI=1S/C11H9ClO3/c12-8-1-3-10-7(5-8)6-9(15-10)2-4-11(13)14/h1,3,5-6H,2,4H2,(H,13,14). The highest BCUT2D eigenvalue weighted by atomic mass is 35.5. The van der Waals surface area contributed by atoms with Crippen molar-refractivity contribution in [2.24, 2.45) is 0 Å². The van der Waals surface area contributed by atoms with Crippen molar-refractivity contribution < 1.29 is 14.3 Å². The molecular formula is C11H9ClO3. The molecule has 2 rings (SSSR count). The number of carboxylic acids is 1. The van der Waals surface area contributed by atoms with Gasteiger partial charge < -0.3 is 9.52 Å². The number of aliphatic carboxylic acids is 1. The van der Waals surface area contributed by atoms with Gasteiger partial charge in [-0.1, -0.05) is 11.6 Å². The zero-order chi connectivity index (χ0) is 10.8. The first kappa shape index (κ1) is 10.1. The van der Waals surface area contributed by atoms with Crippen LogP contribution in [0.5, 0.6) is 0 Å². The van der Waals surface area contributed by atoms with Crippen molar-refractivity contribution in [3.63, 3.8) is 0 Å². The van der Waals surface area contributed by atoms with E-state index in [1.165, 1.54) is 0 Å². The molecule has 15 heavy (non-hydrogen) atoms. The number of aryl methyl sites for hydroxylation is 1. The molecule has 1 aromatic heterocycles. The molecule has 0 atom stereocenters. The van der Waals surface area contributed by atoms with Gasteiger partial charge in [0.05, 0.1) is 6.42 Å². The minimum Gasteiger partial charge on any atom is -0.481 e. The molecule has 4 heteroatoms. The molecule has 1 N–H and O–H groups in total. The van der Waals surface area contributed by atoms with Crippen molar-refractivity contribution >= 4 is 28.5 Å². The Balaban J connectivity index is 2.27. The molecule has 0 saturated heterocycles. The molecule has 0 radical (unpaired) electrons. The Morgan fingerprint density at radius 1 is 1.40 bits per heavy atom. The molecule has 0 unspecified atom stereocenters. The van der Waals surface area contributed by atoms with Gasteiger partial charge in [-0.25, -0.2) is 0 Å². The topological polar surface area (TPSA) is 50.4 Å². The molecule has 0 spiro atoms. The second-order valence-electron chi connectivity index (χ2n) is 3.29. The summed E-state index contributed by atoms with van der Waals surface area (Å²) in [5.74, 6) is -0.150. The largest absolute Gasteiger partial charge is 0.481 e. The molecule has 0 saturated carbocycles. The normalized spacial score (nSPS) is 10.7. The van der Waals surface area contributed by atoms with E-state index in [2.05, 4.69) is 0 Å². The van der Waals surface area contributed by atoms with Gasteiger partial charge >= 0.3 is 5.97 Å². The van der Waals surface area contributed by atoms with Crippen molar-refractivity contribution in [2.45, 2.75) is 12.8 Å². The summed E-state index contributed by atoms with van der Waals surface area (Å²) in [6.07, 6.45) is 0.481. The van der Waals surface area contributed by atoms with E-state index < -0.39 is 5.97 Å². The summed E-state index contributed by atoms with van der Waals surface area (Å²) in [4.78, 5) is 10.4. The number of carbonyl (C=O) groups is 1. The molecule has 0 aliphatic heterocycles. The van der Waals surface area contributed by atoms with Crippen LogP contribution in [0.2, 0.25) is 5.02 Å². The predicted octanol–water partition coefficient (Wildman–Crippen LogP) is 3.10. The van der Waals surface area contributed by atoms with Crippen LogP contribution in [-0.4, -0.2) is 11.1 Å². The molecule has 78 valence electrons. The van der Waals surface area contributed by atoms with E-state index in [-0.39, 0.29) is 6.42 Å². The van der Waals surface area contributed by atoms with Crippen molar-refractivity contribution in [2.75, 3.05) is 0 Å². The molecule has 0 fully saturated rings. The highest BCUT2D eigenvalue weighted by Gasteiger charge is 2.06. The van der Waals surface area contributed by atoms with Crippen LogP contribution in [0.4, 0.5) is 0 Å². The number of halogens is 1. The third-order valence-electron chi connectivity index (χ3n) is 2.11. The average Bonchev–Trinajstić information content (AvgIpc) is 2.56. The lowest BCUT2D eigenvalue weighted by molar-refractivity contribution is -0.137. The third-order valence-corrected chi connectivity index (χ3v) is 2.35. The fraction of sp³-hybridized carbons (Fsp3) is 0.182. The Morgan fingerprint density at radius 3 is 2.93 bits per heavy atom. The van der Waals surface area contributed by atoms with E-state index in [0.29, 0.717) is 17.2 Å². The summed E-state index contributed by atoms with van der Waals surface area (Å²) in [6.45, 7) is 0. The maximum absolute atomic E-state index is 10.4. The summed E-state index contributed by atoms with van der Waals surface area (Å²) in [6, 6.07) is 7.14. The highest BCUT2D eigenvalue weighted by molar-refractivity contribution is 6.31. The van der Waals surface area contributed by atoms with Crippen LogP contribution < -0.4 is 0 Å². The van der Waals surface area contributed by atoms with Crippen molar-refractivity contribution in [1.82, 2.24) is 0 Å². The number of furan rings is 1. The van der Waals surface area contributed by atoms with Crippen LogP contribution in [0.3, 0.4) is 0 Å². The number of hydrogen-bond acceptors (Lipinski definition) is 2. The second kappa shape index (κ2) is 3.95. The number of carboxylic acid groups (broad SMARTS) is 1. The molecular weight excluding hydrogens is 216 g/mol. The van der Waals surface area contributed by atoms with Crippen molar-refractivity contribution in [1.29, 1.82) is 0 Å². The Bertz CT molecular complexity index is 502. The molecule has 0 aliphatic carbocycles. The van der Waals surface area contributed by atoms with Gasteiger partial charge in [-0.15, -0.1) is 0 Å². The highest BCUT2D eigenvalue weighted by Crippen LogP contribution is 2.23. The number of rotatable bonds is 3. The van der Waals surface area contributed by atoms with Gasteiger partial charge in [0.25, 0.3) is 0 Å². The van der Waals surface area contributed by atoms with Crippen LogP contribution in [0.25, 0.3) is 11.0 Å². The SMILES string of the molecule is O=C(O)CCc1cc2cc(Cl)ccc2o1. The lowest BCUT2D eigenvalue weighted by Gasteiger charge is -1.90.